The summed E-state index contributed by atoms with van der Waals surface area (Å²) in [7, 11) is 0. The van der Waals surface area contributed by atoms with E-state index in [9.17, 15) is 0 Å². The van der Waals surface area contributed by atoms with Gasteiger partial charge in [0.25, 0.3) is 0 Å². The molecular formula is C14H22O2. The van der Waals surface area contributed by atoms with Crippen molar-refractivity contribution in [2.24, 2.45) is 5.92 Å². The lowest BCUT2D eigenvalue weighted by Crippen LogP contribution is -2.06. The Kier molecular flexibility index (Phi) is 6.86. The molecule has 0 radical (unpaired) electrons. The van der Waals surface area contributed by atoms with Gasteiger partial charge in [-0.25, -0.2) is 0 Å². The van der Waals surface area contributed by atoms with Crippen LogP contribution in [0.4, 0.5) is 0 Å². The summed E-state index contributed by atoms with van der Waals surface area (Å²) in [5.41, 5.74) is 1.22. The molecule has 0 unspecified atom stereocenters. The maximum absolute atomic E-state index is 8.86. The lowest BCUT2D eigenvalue weighted by molar-refractivity contribution is 0.102. The molecule has 0 heterocycles. The van der Waals surface area contributed by atoms with Crippen molar-refractivity contribution in [1.29, 1.82) is 0 Å². The normalized spacial score (nSPS) is 12.6. The molecular weight excluding hydrogens is 200 g/mol. The van der Waals surface area contributed by atoms with E-state index in [4.69, 9.17) is 9.84 Å². The Balaban J connectivity index is 2.11. The zero-order valence-corrected chi connectivity index (χ0v) is 10.1. The number of aliphatic hydroxyl groups excluding tert-OH is 1. The molecule has 0 amide bonds. The van der Waals surface area contributed by atoms with Crippen molar-refractivity contribution in [2.75, 3.05) is 13.2 Å². The van der Waals surface area contributed by atoms with Gasteiger partial charge in [0, 0.05) is 13.2 Å². The van der Waals surface area contributed by atoms with Crippen LogP contribution in [0.25, 0.3) is 0 Å². The molecule has 0 spiro atoms. The molecule has 0 aliphatic rings. The molecule has 0 saturated carbocycles. The zero-order chi connectivity index (χ0) is 11.6. The molecule has 2 nitrogen and oxygen atoms in total. The highest BCUT2D eigenvalue weighted by atomic mass is 16.5. The van der Waals surface area contributed by atoms with Gasteiger partial charge in [-0.05, 0) is 24.3 Å². The first-order chi connectivity index (χ1) is 7.86. The van der Waals surface area contributed by atoms with E-state index < -0.39 is 0 Å². The van der Waals surface area contributed by atoms with Crippen molar-refractivity contribution in [2.45, 2.75) is 32.8 Å². The number of rotatable bonds is 8. The van der Waals surface area contributed by atoms with E-state index in [0.717, 1.165) is 25.9 Å². The van der Waals surface area contributed by atoms with Gasteiger partial charge in [-0.1, -0.05) is 43.7 Å². The minimum Gasteiger partial charge on any atom is -0.396 e. The summed E-state index contributed by atoms with van der Waals surface area (Å²) in [6, 6.07) is 10.2. The van der Waals surface area contributed by atoms with Gasteiger partial charge in [0.1, 0.15) is 0 Å². The Hall–Kier alpha value is -0.860. The van der Waals surface area contributed by atoms with Crippen LogP contribution in [0.15, 0.2) is 30.3 Å². The quantitative estimate of drug-likeness (QED) is 0.685. The van der Waals surface area contributed by atoms with Gasteiger partial charge < -0.3 is 9.84 Å². The van der Waals surface area contributed by atoms with Gasteiger partial charge in [-0.3, -0.25) is 0 Å². The first kappa shape index (κ1) is 13.2. The molecule has 90 valence electrons. The molecule has 0 bridgehead atoms. The molecule has 0 saturated heterocycles. The Morgan fingerprint density at radius 1 is 1.19 bits per heavy atom. The molecule has 0 aliphatic carbocycles. The number of benzene rings is 1. The van der Waals surface area contributed by atoms with E-state index >= 15 is 0 Å². The number of ether oxygens (including phenoxy) is 1. The first-order valence-electron chi connectivity index (χ1n) is 6.09. The lowest BCUT2D eigenvalue weighted by atomic mass is 10.00. The minimum atomic E-state index is 0.289. The maximum atomic E-state index is 8.86. The number of aliphatic hydroxyl groups is 1. The van der Waals surface area contributed by atoms with E-state index in [1.165, 1.54) is 5.56 Å². The van der Waals surface area contributed by atoms with E-state index in [2.05, 4.69) is 19.1 Å². The fourth-order valence-electron chi connectivity index (χ4n) is 1.75. The van der Waals surface area contributed by atoms with Crippen molar-refractivity contribution in [1.82, 2.24) is 0 Å². The predicted molar refractivity (Wildman–Crippen MR) is 66.2 cm³/mol. The second-order valence-electron chi connectivity index (χ2n) is 4.11. The molecule has 0 fully saturated rings. The van der Waals surface area contributed by atoms with Crippen LogP contribution in [0.3, 0.4) is 0 Å². The highest BCUT2D eigenvalue weighted by Crippen LogP contribution is 2.12. The molecule has 0 aromatic heterocycles. The third kappa shape index (κ3) is 5.29. The highest BCUT2D eigenvalue weighted by Gasteiger charge is 2.04. The fourth-order valence-corrected chi connectivity index (χ4v) is 1.75. The summed E-state index contributed by atoms with van der Waals surface area (Å²) in [5, 5.41) is 8.86. The van der Waals surface area contributed by atoms with Crippen LogP contribution in [0.1, 0.15) is 31.7 Å². The van der Waals surface area contributed by atoms with Crippen LogP contribution < -0.4 is 0 Å². The molecule has 0 aliphatic heterocycles. The van der Waals surface area contributed by atoms with Gasteiger partial charge >= 0.3 is 0 Å². The van der Waals surface area contributed by atoms with Crippen LogP contribution in [-0.4, -0.2) is 18.3 Å². The topological polar surface area (TPSA) is 29.5 Å². The van der Waals surface area contributed by atoms with Crippen molar-refractivity contribution >= 4 is 0 Å². The average molecular weight is 222 g/mol. The minimum absolute atomic E-state index is 0.289. The standard InChI is InChI=1S/C14H22O2/c1-2-13(8-10-15)9-11-16-12-14-6-4-3-5-7-14/h3-7,13,15H,2,8-12H2,1H3/t13-/m0/s1. The summed E-state index contributed by atoms with van der Waals surface area (Å²) >= 11 is 0. The molecule has 1 N–H and O–H groups in total. The van der Waals surface area contributed by atoms with Gasteiger partial charge in [-0.2, -0.15) is 0 Å². The second-order valence-corrected chi connectivity index (χ2v) is 4.11. The van der Waals surface area contributed by atoms with Crippen LogP contribution in [-0.2, 0) is 11.3 Å². The third-order valence-corrected chi connectivity index (χ3v) is 2.90. The average Bonchev–Trinajstić information content (AvgIpc) is 2.34. The SMILES string of the molecule is CC[C@@H](CCO)CCOCc1ccccc1. The van der Waals surface area contributed by atoms with Crippen LogP contribution >= 0.6 is 0 Å². The van der Waals surface area contributed by atoms with Crippen molar-refractivity contribution in [3.8, 4) is 0 Å². The van der Waals surface area contributed by atoms with Crippen molar-refractivity contribution in [3.63, 3.8) is 0 Å². The zero-order valence-electron chi connectivity index (χ0n) is 10.1. The largest absolute Gasteiger partial charge is 0.396 e. The van der Waals surface area contributed by atoms with Gasteiger partial charge in [-0.15, -0.1) is 0 Å². The van der Waals surface area contributed by atoms with Crippen LogP contribution in [0.2, 0.25) is 0 Å². The van der Waals surface area contributed by atoms with E-state index in [-0.39, 0.29) is 6.61 Å². The molecule has 16 heavy (non-hydrogen) atoms. The Morgan fingerprint density at radius 2 is 1.94 bits per heavy atom. The molecule has 2 heteroatoms. The van der Waals surface area contributed by atoms with E-state index in [0.29, 0.717) is 12.5 Å². The molecule has 1 rings (SSSR count). The monoisotopic (exact) mass is 222 g/mol. The number of hydrogen-bond donors (Lipinski definition) is 1. The van der Waals surface area contributed by atoms with Gasteiger partial charge in [0.05, 0.1) is 6.61 Å². The summed E-state index contributed by atoms with van der Waals surface area (Å²) in [6.45, 7) is 3.93. The lowest BCUT2D eigenvalue weighted by Gasteiger charge is -2.13. The Bertz CT molecular complexity index is 259. The second kappa shape index (κ2) is 8.31. The Labute approximate surface area is 98.3 Å². The molecule has 1 aromatic carbocycles. The highest BCUT2D eigenvalue weighted by molar-refractivity contribution is 5.13. The Morgan fingerprint density at radius 3 is 2.56 bits per heavy atom. The van der Waals surface area contributed by atoms with Crippen LogP contribution in [0, 0.1) is 5.92 Å². The van der Waals surface area contributed by atoms with Crippen molar-refractivity contribution < 1.29 is 9.84 Å². The van der Waals surface area contributed by atoms with Gasteiger partial charge in [0.15, 0.2) is 0 Å². The van der Waals surface area contributed by atoms with E-state index in [1.807, 2.05) is 18.2 Å². The van der Waals surface area contributed by atoms with Crippen LogP contribution in [0.5, 0.6) is 0 Å². The van der Waals surface area contributed by atoms with Crippen molar-refractivity contribution in [3.05, 3.63) is 35.9 Å². The van der Waals surface area contributed by atoms with E-state index in [1.54, 1.807) is 0 Å². The summed E-state index contributed by atoms with van der Waals surface area (Å²) in [4.78, 5) is 0. The summed E-state index contributed by atoms with van der Waals surface area (Å²) < 4.78 is 5.62. The summed E-state index contributed by atoms with van der Waals surface area (Å²) in [6.07, 6.45) is 3.06. The third-order valence-electron chi connectivity index (χ3n) is 2.90. The van der Waals surface area contributed by atoms with Gasteiger partial charge in [0.2, 0.25) is 0 Å². The molecule has 1 atom stereocenters. The summed E-state index contributed by atoms with van der Waals surface area (Å²) in [5.74, 6) is 0.598. The maximum Gasteiger partial charge on any atom is 0.0716 e. The smallest absolute Gasteiger partial charge is 0.0716 e. The first-order valence-corrected chi connectivity index (χ1v) is 6.09. The fraction of sp³-hybridized carbons (Fsp3) is 0.571. The number of hydrogen-bond acceptors (Lipinski definition) is 2. The molecule has 1 aromatic rings. The predicted octanol–water partition coefficient (Wildman–Crippen LogP) is 3.00.